The molecule has 2 unspecified atom stereocenters. The van der Waals surface area contributed by atoms with Crippen molar-refractivity contribution in [1.29, 1.82) is 0 Å². The second-order valence-corrected chi connectivity index (χ2v) is 5.75. The molecule has 104 valence electrons. The fourth-order valence-corrected chi connectivity index (χ4v) is 3.66. The Kier molecular flexibility index (Phi) is 3.23. The van der Waals surface area contributed by atoms with Gasteiger partial charge in [0.05, 0.1) is 18.3 Å². The maximum Gasteiger partial charge on any atom is 0.133 e. The molecule has 2 aliphatic heterocycles. The summed E-state index contributed by atoms with van der Waals surface area (Å²) in [7, 11) is 1.52. The molecule has 1 aromatic carbocycles. The molecule has 2 aliphatic rings. The molecule has 1 aromatic rings. The van der Waals surface area contributed by atoms with Crippen molar-refractivity contribution in [2.75, 3.05) is 7.11 Å². The monoisotopic (exact) mass is 265 g/mol. The molecular formula is C15H20FNO2. The van der Waals surface area contributed by atoms with E-state index in [2.05, 4.69) is 5.32 Å². The van der Waals surface area contributed by atoms with Gasteiger partial charge >= 0.3 is 0 Å². The van der Waals surface area contributed by atoms with Gasteiger partial charge in [-0.05, 0) is 37.8 Å². The zero-order valence-electron chi connectivity index (χ0n) is 11.2. The number of halogens is 1. The van der Waals surface area contributed by atoms with E-state index in [9.17, 15) is 9.50 Å². The van der Waals surface area contributed by atoms with Crippen LogP contribution in [0.3, 0.4) is 0 Å². The molecule has 0 spiro atoms. The maximum atomic E-state index is 14.2. The van der Waals surface area contributed by atoms with Crippen LogP contribution in [0.25, 0.3) is 0 Å². The summed E-state index contributed by atoms with van der Waals surface area (Å²) < 4.78 is 19.4. The molecule has 0 radical (unpaired) electrons. The lowest BCUT2D eigenvalue weighted by Gasteiger charge is -2.45. The van der Waals surface area contributed by atoms with Gasteiger partial charge in [-0.25, -0.2) is 4.39 Å². The standard InChI is InChI=1S/C15H20FNO2/c1-19-13-7-3-6-12(16)14(13)15(18)8-10-4-2-5-11(9-15)17-10/h3,6-7,10-11,17-18H,2,4-5,8-9H2,1H3. The first-order chi connectivity index (χ1) is 9.12. The molecule has 2 saturated heterocycles. The van der Waals surface area contributed by atoms with E-state index in [1.807, 2.05) is 0 Å². The number of nitrogens with one attached hydrogen (secondary N) is 1. The molecular weight excluding hydrogens is 245 g/mol. The van der Waals surface area contributed by atoms with E-state index in [1.54, 1.807) is 12.1 Å². The molecule has 4 heteroatoms. The van der Waals surface area contributed by atoms with Gasteiger partial charge in [-0.1, -0.05) is 12.5 Å². The van der Waals surface area contributed by atoms with Gasteiger partial charge < -0.3 is 15.2 Å². The normalized spacial score (nSPS) is 34.1. The minimum Gasteiger partial charge on any atom is -0.496 e. The van der Waals surface area contributed by atoms with Crippen LogP contribution in [0.4, 0.5) is 4.39 Å². The number of ether oxygens (including phenoxy) is 1. The van der Waals surface area contributed by atoms with Crippen molar-refractivity contribution in [3.63, 3.8) is 0 Å². The average Bonchev–Trinajstić information content (AvgIpc) is 2.37. The quantitative estimate of drug-likeness (QED) is 0.862. The van der Waals surface area contributed by atoms with E-state index >= 15 is 0 Å². The summed E-state index contributed by atoms with van der Waals surface area (Å²) in [4.78, 5) is 0. The Bertz CT molecular complexity index is 465. The fourth-order valence-electron chi connectivity index (χ4n) is 3.66. The first-order valence-corrected chi connectivity index (χ1v) is 6.94. The van der Waals surface area contributed by atoms with Gasteiger partial charge in [0, 0.05) is 12.1 Å². The summed E-state index contributed by atoms with van der Waals surface area (Å²) in [6, 6.07) is 5.29. The van der Waals surface area contributed by atoms with Crippen molar-refractivity contribution < 1.29 is 14.2 Å². The van der Waals surface area contributed by atoms with E-state index in [-0.39, 0.29) is 17.9 Å². The van der Waals surface area contributed by atoms with Gasteiger partial charge in [0.1, 0.15) is 11.6 Å². The maximum absolute atomic E-state index is 14.2. The van der Waals surface area contributed by atoms with E-state index < -0.39 is 5.60 Å². The van der Waals surface area contributed by atoms with Gasteiger partial charge in [0.2, 0.25) is 0 Å². The van der Waals surface area contributed by atoms with E-state index in [0.29, 0.717) is 24.2 Å². The van der Waals surface area contributed by atoms with Crippen molar-refractivity contribution in [2.45, 2.75) is 49.8 Å². The lowest BCUT2D eigenvalue weighted by atomic mass is 9.73. The molecule has 2 bridgehead atoms. The number of piperidine rings is 2. The zero-order valence-corrected chi connectivity index (χ0v) is 11.2. The molecule has 2 atom stereocenters. The highest BCUT2D eigenvalue weighted by molar-refractivity contribution is 5.40. The third-order valence-electron chi connectivity index (χ3n) is 4.41. The molecule has 3 nitrogen and oxygen atoms in total. The number of hydrogen-bond acceptors (Lipinski definition) is 3. The molecule has 2 heterocycles. The summed E-state index contributed by atoms with van der Waals surface area (Å²) >= 11 is 0. The molecule has 2 fully saturated rings. The molecule has 0 aromatic heterocycles. The zero-order chi connectivity index (χ0) is 13.5. The van der Waals surface area contributed by atoms with Gasteiger partial charge in [-0.15, -0.1) is 0 Å². The summed E-state index contributed by atoms with van der Waals surface area (Å²) in [5, 5.41) is 14.5. The molecule has 0 amide bonds. The van der Waals surface area contributed by atoms with Crippen LogP contribution in [-0.2, 0) is 5.60 Å². The number of fused-ring (bicyclic) bond motifs is 2. The van der Waals surface area contributed by atoms with Gasteiger partial charge in [0.25, 0.3) is 0 Å². The van der Waals surface area contributed by atoms with Crippen LogP contribution >= 0.6 is 0 Å². The Hall–Kier alpha value is -1.13. The van der Waals surface area contributed by atoms with Crippen LogP contribution in [0.2, 0.25) is 0 Å². The second-order valence-electron chi connectivity index (χ2n) is 5.75. The van der Waals surface area contributed by atoms with E-state index in [4.69, 9.17) is 4.74 Å². The molecule has 19 heavy (non-hydrogen) atoms. The summed E-state index contributed by atoms with van der Waals surface area (Å²) in [6.45, 7) is 0. The number of aliphatic hydroxyl groups is 1. The largest absolute Gasteiger partial charge is 0.496 e. The highest BCUT2D eigenvalue weighted by Gasteiger charge is 2.44. The second kappa shape index (κ2) is 4.76. The van der Waals surface area contributed by atoms with Crippen LogP contribution in [0, 0.1) is 5.82 Å². The molecule has 0 saturated carbocycles. The number of methoxy groups -OCH3 is 1. The highest BCUT2D eigenvalue weighted by Crippen LogP contribution is 2.43. The van der Waals surface area contributed by atoms with Crippen molar-refractivity contribution >= 4 is 0 Å². The number of rotatable bonds is 2. The van der Waals surface area contributed by atoms with Crippen LogP contribution < -0.4 is 10.1 Å². The van der Waals surface area contributed by atoms with Crippen molar-refractivity contribution in [3.8, 4) is 5.75 Å². The lowest BCUT2D eigenvalue weighted by molar-refractivity contribution is -0.0399. The minimum absolute atomic E-state index is 0.279. The van der Waals surface area contributed by atoms with Crippen LogP contribution in [0.1, 0.15) is 37.7 Å². The highest BCUT2D eigenvalue weighted by atomic mass is 19.1. The Balaban J connectivity index is 2.00. The minimum atomic E-state index is -1.11. The summed E-state index contributed by atoms with van der Waals surface area (Å²) in [5.74, 6) is 0.0734. The Morgan fingerprint density at radius 3 is 2.63 bits per heavy atom. The number of hydrogen-bond donors (Lipinski definition) is 2. The smallest absolute Gasteiger partial charge is 0.133 e. The predicted molar refractivity (Wildman–Crippen MR) is 70.6 cm³/mol. The third kappa shape index (κ3) is 2.23. The van der Waals surface area contributed by atoms with Crippen molar-refractivity contribution in [1.82, 2.24) is 5.32 Å². The average molecular weight is 265 g/mol. The summed E-state index contributed by atoms with van der Waals surface area (Å²) in [5.41, 5.74) is -0.784. The van der Waals surface area contributed by atoms with Crippen LogP contribution in [0.15, 0.2) is 18.2 Å². The fraction of sp³-hybridized carbons (Fsp3) is 0.600. The first kappa shape index (κ1) is 12.9. The third-order valence-corrected chi connectivity index (χ3v) is 4.41. The van der Waals surface area contributed by atoms with E-state index in [0.717, 1.165) is 12.8 Å². The molecule has 3 rings (SSSR count). The van der Waals surface area contributed by atoms with E-state index in [1.165, 1.54) is 19.6 Å². The SMILES string of the molecule is COc1cccc(F)c1C1(O)CC2CCCC(C1)N2. The van der Waals surface area contributed by atoms with Gasteiger partial charge in [-0.3, -0.25) is 0 Å². The molecule has 0 aliphatic carbocycles. The number of benzene rings is 1. The van der Waals surface area contributed by atoms with Gasteiger partial charge in [-0.2, -0.15) is 0 Å². The Labute approximate surface area is 112 Å². The van der Waals surface area contributed by atoms with Crippen molar-refractivity contribution in [2.24, 2.45) is 0 Å². The first-order valence-electron chi connectivity index (χ1n) is 6.94. The topological polar surface area (TPSA) is 41.5 Å². The van der Waals surface area contributed by atoms with Crippen LogP contribution in [0.5, 0.6) is 5.75 Å². The van der Waals surface area contributed by atoms with Crippen molar-refractivity contribution in [3.05, 3.63) is 29.6 Å². The summed E-state index contributed by atoms with van der Waals surface area (Å²) in [6.07, 6.45) is 4.40. The van der Waals surface area contributed by atoms with Gasteiger partial charge in [0.15, 0.2) is 0 Å². The Morgan fingerprint density at radius 2 is 2.00 bits per heavy atom. The molecule has 2 N–H and O–H groups in total. The van der Waals surface area contributed by atoms with Crippen LogP contribution in [-0.4, -0.2) is 24.3 Å². The Morgan fingerprint density at radius 1 is 1.32 bits per heavy atom. The lowest BCUT2D eigenvalue weighted by Crippen LogP contribution is -2.54. The predicted octanol–water partition coefficient (Wildman–Crippen LogP) is 2.33.